The van der Waals surface area contributed by atoms with Crippen molar-refractivity contribution in [3.05, 3.63) is 53.6 Å². The second-order valence-corrected chi connectivity index (χ2v) is 7.24. The van der Waals surface area contributed by atoms with Gasteiger partial charge in [-0.1, -0.05) is 18.2 Å². The van der Waals surface area contributed by atoms with E-state index >= 15 is 0 Å². The monoisotopic (exact) mass is 396 g/mol. The highest BCUT2D eigenvalue weighted by Crippen LogP contribution is 2.32. The van der Waals surface area contributed by atoms with Crippen molar-refractivity contribution >= 4 is 11.8 Å². The molecule has 29 heavy (non-hydrogen) atoms. The molecule has 1 unspecified atom stereocenters. The Morgan fingerprint density at radius 3 is 2.69 bits per heavy atom. The molecular formula is C22H24N2O5. The number of methoxy groups -OCH3 is 1. The molecule has 0 saturated carbocycles. The third-order valence-electron chi connectivity index (χ3n) is 5.32. The van der Waals surface area contributed by atoms with Gasteiger partial charge in [-0.2, -0.15) is 0 Å². The lowest BCUT2D eigenvalue weighted by Crippen LogP contribution is -2.33. The predicted molar refractivity (Wildman–Crippen MR) is 106 cm³/mol. The molecular weight excluding hydrogens is 372 g/mol. The van der Waals surface area contributed by atoms with Crippen LogP contribution in [0, 0.1) is 5.92 Å². The highest BCUT2D eigenvalue weighted by Gasteiger charge is 2.33. The van der Waals surface area contributed by atoms with E-state index < -0.39 is 0 Å². The smallest absolute Gasteiger partial charge is 0.231 e. The van der Waals surface area contributed by atoms with Gasteiger partial charge in [0, 0.05) is 26.1 Å². The first kappa shape index (κ1) is 19.1. The SMILES string of the molecule is COc1ccc(CCN2CC(C(=O)NCc3ccc4c(c3)OCO4)CC2=O)cc1. The quantitative estimate of drug-likeness (QED) is 0.776. The van der Waals surface area contributed by atoms with Crippen LogP contribution >= 0.6 is 0 Å². The third-order valence-corrected chi connectivity index (χ3v) is 5.32. The zero-order valence-electron chi connectivity index (χ0n) is 16.3. The summed E-state index contributed by atoms with van der Waals surface area (Å²) in [6.07, 6.45) is 1.01. The molecule has 2 aromatic carbocycles. The minimum atomic E-state index is -0.313. The van der Waals surface area contributed by atoms with E-state index in [2.05, 4.69) is 5.32 Å². The molecule has 7 nitrogen and oxygen atoms in total. The number of hydrogen-bond donors (Lipinski definition) is 1. The Kier molecular flexibility index (Phi) is 5.55. The standard InChI is InChI=1S/C22H24N2O5/c1-27-18-5-2-15(3-6-18)8-9-24-13-17(11-21(24)25)22(26)23-12-16-4-7-19-20(10-16)29-14-28-19/h2-7,10,17H,8-9,11-14H2,1H3,(H,23,26). The second kappa shape index (κ2) is 8.43. The van der Waals surface area contributed by atoms with Crippen molar-refractivity contribution < 1.29 is 23.8 Å². The fourth-order valence-electron chi connectivity index (χ4n) is 3.60. The minimum absolute atomic E-state index is 0.0294. The van der Waals surface area contributed by atoms with Gasteiger partial charge < -0.3 is 24.4 Å². The first-order valence-electron chi connectivity index (χ1n) is 9.69. The van der Waals surface area contributed by atoms with Crippen LogP contribution in [0.2, 0.25) is 0 Å². The highest BCUT2D eigenvalue weighted by molar-refractivity contribution is 5.89. The molecule has 0 bridgehead atoms. The first-order chi connectivity index (χ1) is 14.1. The largest absolute Gasteiger partial charge is 0.497 e. The summed E-state index contributed by atoms with van der Waals surface area (Å²) in [5.74, 6) is 1.84. The molecule has 4 rings (SSSR count). The first-order valence-corrected chi connectivity index (χ1v) is 9.69. The number of ether oxygens (including phenoxy) is 3. The number of benzene rings is 2. The number of rotatable bonds is 7. The number of amides is 2. The molecule has 2 heterocycles. The average Bonchev–Trinajstić information content (AvgIpc) is 3.36. The van der Waals surface area contributed by atoms with E-state index in [1.165, 1.54) is 0 Å². The van der Waals surface area contributed by atoms with Crippen LogP contribution in [0.25, 0.3) is 0 Å². The normalized spacial score (nSPS) is 17.5. The zero-order chi connectivity index (χ0) is 20.2. The van der Waals surface area contributed by atoms with Crippen LogP contribution < -0.4 is 19.5 Å². The predicted octanol–water partition coefficient (Wildman–Crippen LogP) is 2.13. The van der Waals surface area contributed by atoms with E-state index in [0.29, 0.717) is 31.1 Å². The number of fused-ring (bicyclic) bond motifs is 1. The van der Waals surface area contributed by atoms with Crippen molar-refractivity contribution in [1.29, 1.82) is 0 Å². The molecule has 1 atom stereocenters. The van der Waals surface area contributed by atoms with E-state index in [9.17, 15) is 9.59 Å². The number of carbonyl (C=O) groups excluding carboxylic acids is 2. The molecule has 2 aliphatic rings. The summed E-state index contributed by atoms with van der Waals surface area (Å²) in [7, 11) is 1.63. The fourth-order valence-corrected chi connectivity index (χ4v) is 3.60. The number of nitrogens with one attached hydrogen (secondary N) is 1. The molecule has 1 fully saturated rings. The summed E-state index contributed by atoms with van der Waals surface area (Å²) >= 11 is 0. The summed E-state index contributed by atoms with van der Waals surface area (Å²) in [6, 6.07) is 13.4. The van der Waals surface area contributed by atoms with E-state index in [1.807, 2.05) is 42.5 Å². The fraction of sp³-hybridized carbons (Fsp3) is 0.364. The summed E-state index contributed by atoms with van der Waals surface area (Å²) in [5.41, 5.74) is 2.07. The molecule has 1 saturated heterocycles. The molecule has 0 aromatic heterocycles. The summed E-state index contributed by atoms with van der Waals surface area (Å²) < 4.78 is 15.8. The molecule has 2 aliphatic heterocycles. The lowest BCUT2D eigenvalue weighted by atomic mass is 10.1. The van der Waals surface area contributed by atoms with Crippen LogP contribution in [-0.4, -0.2) is 43.7 Å². The summed E-state index contributed by atoms with van der Waals surface area (Å²) in [6.45, 7) is 1.69. The van der Waals surface area contributed by atoms with Gasteiger partial charge in [0.1, 0.15) is 5.75 Å². The van der Waals surface area contributed by atoms with Crippen molar-refractivity contribution in [3.63, 3.8) is 0 Å². The molecule has 7 heteroatoms. The molecule has 152 valence electrons. The Balaban J connectivity index is 1.26. The van der Waals surface area contributed by atoms with Gasteiger partial charge >= 0.3 is 0 Å². The van der Waals surface area contributed by atoms with Gasteiger partial charge in [0.15, 0.2) is 11.5 Å². The Morgan fingerprint density at radius 1 is 1.14 bits per heavy atom. The van der Waals surface area contributed by atoms with Crippen LogP contribution in [0.15, 0.2) is 42.5 Å². The molecule has 0 spiro atoms. The van der Waals surface area contributed by atoms with Crippen LogP contribution in [-0.2, 0) is 22.6 Å². The molecule has 1 N–H and O–H groups in total. The van der Waals surface area contributed by atoms with Gasteiger partial charge in [-0.05, 0) is 41.8 Å². The van der Waals surface area contributed by atoms with Crippen molar-refractivity contribution in [2.45, 2.75) is 19.4 Å². The topological polar surface area (TPSA) is 77.1 Å². The van der Waals surface area contributed by atoms with E-state index in [4.69, 9.17) is 14.2 Å². The van der Waals surface area contributed by atoms with E-state index in [1.54, 1.807) is 12.0 Å². The Bertz CT molecular complexity index is 897. The Morgan fingerprint density at radius 2 is 1.90 bits per heavy atom. The van der Waals surface area contributed by atoms with Crippen molar-refractivity contribution in [1.82, 2.24) is 10.2 Å². The number of likely N-dealkylation sites (tertiary alicyclic amines) is 1. The van der Waals surface area contributed by atoms with E-state index in [-0.39, 0.29) is 30.9 Å². The van der Waals surface area contributed by atoms with Gasteiger partial charge in [0.05, 0.1) is 13.0 Å². The molecule has 0 aliphatic carbocycles. The molecule has 2 amide bonds. The van der Waals surface area contributed by atoms with Crippen molar-refractivity contribution in [3.8, 4) is 17.2 Å². The van der Waals surface area contributed by atoms with Crippen molar-refractivity contribution in [2.75, 3.05) is 27.0 Å². The van der Waals surface area contributed by atoms with Gasteiger partial charge in [0.2, 0.25) is 18.6 Å². The maximum absolute atomic E-state index is 12.5. The second-order valence-electron chi connectivity index (χ2n) is 7.24. The molecule has 2 aromatic rings. The van der Waals surface area contributed by atoms with Crippen LogP contribution in [0.3, 0.4) is 0 Å². The maximum Gasteiger partial charge on any atom is 0.231 e. The Hall–Kier alpha value is -3.22. The lowest BCUT2D eigenvalue weighted by molar-refractivity contribution is -0.129. The maximum atomic E-state index is 12.5. The van der Waals surface area contributed by atoms with Crippen LogP contribution in [0.5, 0.6) is 17.2 Å². The molecule has 0 radical (unpaired) electrons. The third kappa shape index (κ3) is 4.45. The van der Waals surface area contributed by atoms with Gasteiger partial charge in [0.25, 0.3) is 0 Å². The summed E-state index contributed by atoms with van der Waals surface area (Å²) in [5, 5.41) is 2.93. The van der Waals surface area contributed by atoms with E-state index in [0.717, 1.165) is 23.3 Å². The minimum Gasteiger partial charge on any atom is -0.497 e. The lowest BCUT2D eigenvalue weighted by Gasteiger charge is -2.17. The Labute approximate surface area is 169 Å². The zero-order valence-corrected chi connectivity index (χ0v) is 16.3. The van der Waals surface area contributed by atoms with Crippen LogP contribution in [0.4, 0.5) is 0 Å². The van der Waals surface area contributed by atoms with Gasteiger partial charge in [-0.15, -0.1) is 0 Å². The van der Waals surface area contributed by atoms with Crippen LogP contribution in [0.1, 0.15) is 17.5 Å². The van der Waals surface area contributed by atoms with Gasteiger partial charge in [-0.3, -0.25) is 9.59 Å². The number of hydrogen-bond acceptors (Lipinski definition) is 5. The summed E-state index contributed by atoms with van der Waals surface area (Å²) in [4.78, 5) is 26.6. The average molecular weight is 396 g/mol. The van der Waals surface area contributed by atoms with Crippen molar-refractivity contribution in [2.24, 2.45) is 5.92 Å². The highest BCUT2D eigenvalue weighted by atomic mass is 16.7. The number of nitrogens with zero attached hydrogens (tertiary/aromatic N) is 1. The van der Waals surface area contributed by atoms with Gasteiger partial charge in [-0.25, -0.2) is 0 Å². The number of carbonyl (C=O) groups is 2.